The maximum atomic E-state index is 7.12. The molecule has 0 bridgehead atoms. The fourth-order valence-corrected chi connectivity index (χ4v) is 0.802. The Morgan fingerprint density at radius 2 is 1.36 bits per heavy atom. The van der Waals surface area contributed by atoms with Gasteiger partial charge >= 0.3 is 59.1 Å². The molecule has 1 aliphatic rings. The van der Waals surface area contributed by atoms with Crippen molar-refractivity contribution in [3.63, 3.8) is 0 Å². The molecule has 1 heterocycles. The van der Waals surface area contributed by atoms with Gasteiger partial charge in [-0.05, 0) is 25.9 Å². The van der Waals surface area contributed by atoms with E-state index in [-0.39, 0.29) is 56.9 Å². The van der Waals surface area contributed by atoms with Crippen molar-refractivity contribution in [1.29, 1.82) is 0 Å². The first-order chi connectivity index (χ1) is 4.41. The Hall–Kier alpha value is 1.54. The quantitative estimate of drug-likeness (QED) is 0.369. The zero-order valence-electron chi connectivity index (χ0n) is 6.14. The molecule has 1 aliphatic heterocycles. The van der Waals surface area contributed by atoms with Crippen molar-refractivity contribution in [3.8, 4) is 0 Å². The number of rotatable bonds is 0. The van der Waals surface area contributed by atoms with E-state index in [0.29, 0.717) is 0 Å². The van der Waals surface area contributed by atoms with Gasteiger partial charge in [-0.15, -0.1) is 0 Å². The van der Waals surface area contributed by atoms with Gasteiger partial charge in [-0.25, -0.2) is 0 Å². The Balaban J connectivity index is -0.000000116. The molecule has 0 spiro atoms. The summed E-state index contributed by atoms with van der Waals surface area (Å²) < 4.78 is 0. The minimum absolute atomic E-state index is 0. The molecule has 11 heavy (non-hydrogen) atoms. The summed E-state index contributed by atoms with van der Waals surface area (Å²) in [6.07, 6.45) is 4.22. The van der Waals surface area contributed by atoms with E-state index in [4.69, 9.17) is 10.0 Å². The average Bonchev–Trinajstić information content (AvgIpc) is 1.93. The van der Waals surface area contributed by atoms with Gasteiger partial charge in [0.25, 0.3) is 0 Å². The van der Waals surface area contributed by atoms with Gasteiger partial charge < -0.3 is 20.8 Å². The number of nitrogens with one attached hydrogen (secondary N) is 1. The van der Waals surface area contributed by atoms with E-state index in [1.54, 1.807) is 0 Å². The SMILES string of the molecule is C1CCNCC1.O.OBO.[KH]. The summed E-state index contributed by atoms with van der Waals surface area (Å²) >= 11 is 0. The number of piperidine rings is 1. The van der Waals surface area contributed by atoms with E-state index < -0.39 is 7.69 Å². The van der Waals surface area contributed by atoms with Crippen LogP contribution in [-0.4, -0.2) is 87.7 Å². The van der Waals surface area contributed by atoms with Crippen molar-refractivity contribution in [2.75, 3.05) is 13.1 Å². The molecule has 0 aromatic heterocycles. The van der Waals surface area contributed by atoms with Gasteiger partial charge in [-0.2, -0.15) is 0 Å². The zero-order chi connectivity index (χ0) is 6.95. The average molecular weight is 189 g/mol. The normalized spacial score (nSPS) is 14.4. The van der Waals surface area contributed by atoms with Crippen molar-refractivity contribution < 1.29 is 15.5 Å². The maximum absolute atomic E-state index is 7.12. The molecular weight excluding hydrogens is 172 g/mol. The second-order valence-electron chi connectivity index (χ2n) is 1.95. The van der Waals surface area contributed by atoms with Crippen molar-refractivity contribution >= 4 is 59.1 Å². The van der Waals surface area contributed by atoms with E-state index >= 15 is 0 Å². The molecule has 1 fully saturated rings. The van der Waals surface area contributed by atoms with Crippen LogP contribution in [0, 0.1) is 0 Å². The molecule has 0 aromatic carbocycles. The van der Waals surface area contributed by atoms with Crippen LogP contribution in [0.4, 0.5) is 0 Å². The van der Waals surface area contributed by atoms with Gasteiger partial charge in [-0.3, -0.25) is 0 Å². The number of hydrogen-bond donors (Lipinski definition) is 3. The van der Waals surface area contributed by atoms with Crippen LogP contribution in [0.5, 0.6) is 0 Å². The molecule has 0 atom stereocenters. The van der Waals surface area contributed by atoms with Crippen molar-refractivity contribution in [2.45, 2.75) is 19.3 Å². The Labute approximate surface area is 111 Å². The third-order valence-corrected chi connectivity index (χ3v) is 1.21. The molecule has 0 amide bonds. The number of hydrogen-bond acceptors (Lipinski definition) is 3. The topological polar surface area (TPSA) is 84.0 Å². The molecule has 6 heteroatoms. The Morgan fingerprint density at radius 3 is 1.45 bits per heavy atom. The van der Waals surface area contributed by atoms with Crippen LogP contribution in [0.3, 0.4) is 0 Å². The van der Waals surface area contributed by atoms with Crippen molar-refractivity contribution in [3.05, 3.63) is 0 Å². The second-order valence-corrected chi connectivity index (χ2v) is 1.95. The molecule has 0 radical (unpaired) electrons. The molecule has 0 aromatic rings. The summed E-state index contributed by atoms with van der Waals surface area (Å²) in [6.45, 7) is 2.50. The Morgan fingerprint density at radius 1 is 1.00 bits per heavy atom. The summed E-state index contributed by atoms with van der Waals surface area (Å²) in [5.74, 6) is 0. The van der Waals surface area contributed by atoms with E-state index in [1.807, 2.05) is 0 Å². The zero-order valence-corrected chi connectivity index (χ0v) is 6.14. The van der Waals surface area contributed by atoms with E-state index in [0.717, 1.165) is 0 Å². The monoisotopic (exact) mass is 189 g/mol. The third kappa shape index (κ3) is 18.5. The van der Waals surface area contributed by atoms with Gasteiger partial charge in [0.15, 0.2) is 0 Å². The second kappa shape index (κ2) is 17.6. The molecular formula is C5H17BKNO3. The van der Waals surface area contributed by atoms with Crippen LogP contribution < -0.4 is 5.32 Å². The Bertz CT molecular complexity index is 45.5. The van der Waals surface area contributed by atoms with Crippen LogP contribution in [-0.2, 0) is 0 Å². The van der Waals surface area contributed by atoms with Crippen molar-refractivity contribution in [1.82, 2.24) is 5.32 Å². The summed E-state index contributed by atoms with van der Waals surface area (Å²) in [5.41, 5.74) is 0. The molecule has 5 N–H and O–H groups in total. The predicted molar refractivity (Wildman–Crippen MR) is 49.1 cm³/mol. The van der Waals surface area contributed by atoms with Crippen LogP contribution in [0.2, 0.25) is 0 Å². The fraction of sp³-hybridized carbons (Fsp3) is 1.00. The molecule has 1 saturated heterocycles. The minimum atomic E-state index is -0.750. The van der Waals surface area contributed by atoms with Crippen LogP contribution in [0.15, 0.2) is 0 Å². The summed E-state index contributed by atoms with van der Waals surface area (Å²) in [6, 6.07) is 0. The molecule has 0 saturated carbocycles. The standard InChI is InChI=1S/C5H11N.BH3O2.K.H2O.H/c1-2-4-6-5-3-1;2-1-3;;;/h6H,1-5H2;1-3H;;1H2;. The predicted octanol–water partition coefficient (Wildman–Crippen LogP) is -2.48. The van der Waals surface area contributed by atoms with E-state index in [9.17, 15) is 0 Å². The van der Waals surface area contributed by atoms with E-state index in [2.05, 4.69) is 5.32 Å². The third-order valence-electron chi connectivity index (χ3n) is 1.21. The fourth-order valence-electron chi connectivity index (χ4n) is 0.802. The molecule has 0 aliphatic carbocycles. The molecule has 4 nitrogen and oxygen atoms in total. The summed E-state index contributed by atoms with van der Waals surface area (Å²) in [4.78, 5) is 0. The van der Waals surface area contributed by atoms with Gasteiger partial charge in [0.2, 0.25) is 0 Å². The summed E-state index contributed by atoms with van der Waals surface area (Å²) in [5, 5.41) is 17.5. The van der Waals surface area contributed by atoms with Crippen LogP contribution in [0.25, 0.3) is 0 Å². The van der Waals surface area contributed by atoms with Gasteiger partial charge in [0, 0.05) is 0 Å². The first-order valence-electron chi connectivity index (χ1n) is 3.34. The van der Waals surface area contributed by atoms with Crippen LogP contribution in [0.1, 0.15) is 19.3 Å². The van der Waals surface area contributed by atoms with Gasteiger partial charge in [-0.1, -0.05) is 6.42 Å². The van der Waals surface area contributed by atoms with E-state index in [1.165, 1.54) is 32.4 Å². The molecule has 1 rings (SSSR count). The van der Waals surface area contributed by atoms with Gasteiger partial charge in [0.1, 0.15) is 0 Å². The van der Waals surface area contributed by atoms with Crippen molar-refractivity contribution in [2.24, 2.45) is 0 Å². The first kappa shape index (κ1) is 18.4. The molecule has 0 unspecified atom stereocenters. The molecule has 64 valence electrons. The van der Waals surface area contributed by atoms with Gasteiger partial charge in [0.05, 0.1) is 0 Å². The Kier molecular flexibility index (Phi) is 29.3. The summed E-state index contributed by atoms with van der Waals surface area (Å²) in [7, 11) is -0.750. The first-order valence-corrected chi connectivity index (χ1v) is 3.34. The van der Waals surface area contributed by atoms with Crippen LogP contribution >= 0.6 is 0 Å².